The van der Waals surface area contributed by atoms with Crippen LogP contribution in [-0.4, -0.2) is 25.4 Å². The maximum absolute atomic E-state index is 8.77. The third kappa shape index (κ3) is 2.46. The molecule has 0 spiro atoms. The summed E-state index contributed by atoms with van der Waals surface area (Å²) < 4.78 is 5.12. The molecule has 0 aromatic carbocycles. The molecule has 1 aliphatic carbocycles. The van der Waals surface area contributed by atoms with Crippen molar-refractivity contribution in [2.75, 3.05) is 20.3 Å². The summed E-state index contributed by atoms with van der Waals surface area (Å²) in [6.45, 7) is 1.22. The number of hydrogen-bond acceptors (Lipinski definition) is 2. The van der Waals surface area contributed by atoms with E-state index in [4.69, 9.17) is 9.84 Å². The highest BCUT2D eigenvalue weighted by molar-refractivity contribution is 4.76. The quantitative estimate of drug-likeness (QED) is 0.670. The van der Waals surface area contributed by atoms with Gasteiger partial charge in [0.25, 0.3) is 0 Å². The fourth-order valence-electron chi connectivity index (χ4n) is 2.09. The normalized spacial score (nSPS) is 31.1. The van der Waals surface area contributed by atoms with Gasteiger partial charge in [0.05, 0.1) is 0 Å². The standard InChI is InChI=1S/C9H18O2/c1-11-7-9-4-2-3-8(9)5-6-10/h8-10H,2-7H2,1H3. The number of aliphatic hydroxyl groups is 1. The molecule has 1 saturated carbocycles. The summed E-state index contributed by atoms with van der Waals surface area (Å²) in [6.07, 6.45) is 4.86. The first kappa shape index (κ1) is 9.01. The molecular formula is C9H18O2. The molecule has 66 valence electrons. The lowest BCUT2D eigenvalue weighted by Gasteiger charge is -2.16. The van der Waals surface area contributed by atoms with Gasteiger partial charge in [0.15, 0.2) is 0 Å². The van der Waals surface area contributed by atoms with Crippen molar-refractivity contribution in [3.63, 3.8) is 0 Å². The van der Waals surface area contributed by atoms with Crippen molar-refractivity contribution < 1.29 is 9.84 Å². The molecule has 2 heteroatoms. The third-order valence-electron chi connectivity index (χ3n) is 2.70. The number of aliphatic hydroxyl groups excluding tert-OH is 1. The topological polar surface area (TPSA) is 29.5 Å². The number of ether oxygens (including phenoxy) is 1. The van der Waals surface area contributed by atoms with Gasteiger partial charge in [-0.05, 0) is 24.7 Å². The maximum atomic E-state index is 8.77. The third-order valence-corrected chi connectivity index (χ3v) is 2.70. The zero-order valence-electron chi connectivity index (χ0n) is 7.25. The van der Waals surface area contributed by atoms with Crippen LogP contribution >= 0.6 is 0 Å². The minimum atomic E-state index is 0.338. The predicted octanol–water partition coefficient (Wildman–Crippen LogP) is 1.43. The summed E-state index contributed by atoms with van der Waals surface area (Å²) in [5, 5.41) is 8.77. The van der Waals surface area contributed by atoms with Crippen molar-refractivity contribution in [3.05, 3.63) is 0 Å². The van der Waals surface area contributed by atoms with E-state index in [2.05, 4.69) is 0 Å². The lowest BCUT2D eigenvalue weighted by Crippen LogP contribution is -2.14. The maximum Gasteiger partial charge on any atom is 0.0493 e. The van der Waals surface area contributed by atoms with Gasteiger partial charge in [-0.1, -0.05) is 12.8 Å². The van der Waals surface area contributed by atoms with Gasteiger partial charge < -0.3 is 9.84 Å². The van der Waals surface area contributed by atoms with Crippen molar-refractivity contribution in [1.82, 2.24) is 0 Å². The second-order valence-corrected chi connectivity index (χ2v) is 3.42. The predicted molar refractivity (Wildman–Crippen MR) is 44.4 cm³/mol. The van der Waals surface area contributed by atoms with E-state index in [9.17, 15) is 0 Å². The fraction of sp³-hybridized carbons (Fsp3) is 1.00. The molecule has 2 nitrogen and oxygen atoms in total. The van der Waals surface area contributed by atoms with Gasteiger partial charge in [0, 0.05) is 20.3 Å². The van der Waals surface area contributed by atoms with Crippen molar-refractivity contribution in [2.45, 2.75) is 25.7 Å². The van der Waals surface area contributed by atoms with Crippen molar-refractivity contribution in [2.24, 2.45) is 11.8 Å². The Bertz CT molecular complexity index is 91.7. The second kappa shape index (κ2) is 4.73. The van der Waals surface area contributed by atoms with E-state index in [-0.39, 0.29) is 0 Å². The number of hydrogen-bond donors (Lipinski definition) is 1. The highest BCUT2D eigenvalue weighted by Gasteiger charge is 2.26. The average molecular weight is 158 g/mol. The Kier molecular flexibility index (Phi) is 3.87. The van der Waals surface area contributed by atoms with Crippen LogP contribution in [0.4, 0.5) is 0 Å². The molecule has 0 heterocycles. The van der Waals surface area contributed by atoms with E-state index in [1.807, 2.05) is 0 Å². The van der Waals surface area contributed by atoms with Gasteiger partial charge >= 0.3 is 0 Å². The zero-order chi connectivity index (χ0) is 8.10. The number of rotatable bonds is 4. The molecule has 0 amide bonds. The van der Waals surface area contributed by atoms with Crippen molar-refractivity contribution >= 4 is 0 Å². The first-order valence-corrected chi connectivity index (χ1v) is 4.48. The van der Waals surface area contributed by atoms with Crippen LogP contribution in [0.1, 0.15) is 25.7 Å². The molecule has 0 aromatic heterocycles. The zero-order valence-corrected chi connectivity index (χ0v) is 7.25. The molecule has 0 bridgehead atoms. The Morgan fingerprint density at radius 1 is 1.36 bits per heavy atom. The molecule has 1 aliphatic rings. The second-order valence-electron chi connectivity index (χ2n) is 3.42. The molecular weight excluding hydrogens is 140 g/mol. The Morgan fingerprint density at radius 3 is 2.73 bits per heavy atom. The van der Waals surface area contributed by atoms with Gasteiger partial charge in [-0.25, -0.2) is 0 Å². The summed E-state index contributed by atoms with van der Waals surface area (Å²) in [5.41, 5.74) is 0. The van der Waals surface area contributed by atoms with Gasteiger partial charge in [0.2, 0.25) is 0 Å². The molecule has 11 heavy (non-hydrogen) atoms. The molecule has 2 atom stereocenters. The lowest BCUT2D eigenvalue weighted by atomic mass is 9.94. The smallest absolute Gasteiger partial charge is 0.0493 e. The Hall–Kier alpha value is -0.0800. The molecule has 0 aromatic rings. The van der Waals surface area contributed by atoms with Gasteiger partial charge in [0.1, 0.15) is 0 Å². The van der Waals surface area contributed by atoms with Crippen LogP contribution in [0.25, 0.3) is 0 Å². The summed E-state index contributed by atoms with van der Waals surface area (Å²) >= 11 is 0. The van der Waals surface area contributed by atoms with Crippen molar-refractivity contribution in [1.29, 1.82) is 0 Å². The monoisotopic (exact) mass is 158 g/mol. The molecule has 0 aliphatic heterocycles. The molecule has 1 fully saturated rings. The van der Waals surface area contributed by atoms with E-state index in [1.165, 1.54) is 19.3 Å². The summed E-state index contributed by atoms with van der Waals surface area (Å²) in [6, 6.07) is 0. The largest absolute Gasteiger partial charge is 0.396 e. The molecule has 1 N–H and O–H groups in total. The van der Waals surface area contributed by atoms with Crippen LogP contribution in [0.2, 0.25) is 0 Å². The highest BCUT2D eigenvalue weighted by atomic mass is 16.5. The first-order chi connectivity index (χ1) is 5.38. The van der Waals surface area contributed by atoms with Crippen LogP contribution < -0.4 is 0 Å². The molecule has 1 rings (SSSR count). The van der Waals surface area contributed by atoms with E-state index in [0.29, 0.717) is 12.5 Å². The van der Waals surface area contributed by atoms with Gasteiger partial charge in [-0.2, -0.15) is 0 Å². The van der Waals surface area contributed by atoms with Crippen LogP contribution in [-0.2, 0) is 4.74 Å². The van der Waals surface area contributed by atoms with Gasteiger partial charge in [-0.3, -0.25) is 0 Å². The first-order valence-electron chi connectivity index (χ1n) is 4.48. The Labute approximate surface area is 68.6 Å². The van der Waals surface area contributed by atoms with Crippen molar-refractivity contribution in [3.8, 4) is 0 Å². The fourth-order valence-corrected chi connectivity index (χ4v) is 2.09. The Morgan fingerprint density at radius 2 is 2.09 bits per heavy atom. The molecule has 0 radical (unpaired) electrons. The lowest BCUT2D eigenvalue weighted by molar-refractivity contribution is 0.122. The minimum Gasteiger partial charge on any atom is -0.396 e. The number of methoxy groups -OCH3 is 1. The van der Waals surface area contributed by atoms with Crippen LogP contribution in [0.15, 0.2) is 0 Å². The SMILES string of the molecule is COCC1CCCC1CCO. The Balaban J connectivity index is 2.25. The summed E-state index contributed by atoms with van der Waals surface area (Å²) in [7, 11) is 1.76. The van der Waals surface area contributed by atoms with Gasteiger partial charge in [-0.15, -0.1) is 0 Å². The van der Waals surface area contributed by atoms with Crippen LogP contribution in [0, 0.1) is 11.8 Å². The minimum absolute atomic E-state index is 0.338. The van der Waals surface area contributed by atoms with E-state index < -0.39 is 0 Å². The van der Waals surface area contributed by atoms with E-state index in [0.717, 1.165) is 18.9 Å². The average Bonchev–Trinajstić information content (AvgIpc) is 2.39. The van der Waals surface area contributed by atoms with E-state index in [1.54, 1.807) is 7.11 Å². The summed E-state index contributed by atoms with van der Waals surface area (Å²) in [5.74, 6) is 1.44. The molecule has 2 unspecified atom stereocenters. The van der Waals surface area contributed by atoms with Crippen LogP contribution in [0.3, 0.4) is 0 Å². The van der Waals surface area contributed by atoms with Crippen LogP contribution in [0.5, 0.6) is 0 Å². The highest BCUT2D eigenvalue weighted by Crippen LogP contribution is 2.33. The van der Waals surface area contributed by atoms with E-state index >= 15 is 0 Å². The molecule has 0 saturated heterocycles. The summed E-state index contributed by atoms with van der Waals surface area (Å²) in [4.78, 5) is 0.